The van der Waals surface area contributed by atoms with Crippen molar-refractivity contribution in [3.63, 3.8) is 0 Å². The second-order valence-electron chi connectivity index (χ2n) is 10.5. The molecule has 3 amide bonds. The van der Waals surface area contributed by atoms with Gasteiger partial charge in [-0.25, -0.2) is 17.1 Å². The molecular formula is C31H34FN3O5S. The molecule has 3 aromatic carbocycles. The number of amides is 3. The molecule has 4 rings (SSSR count). The van der Waals surface area contributed by atoms with Crippen molar-refractivity contribution in [2.24, 2.45) is 5.92 Å². The molecular weight excluding hydrogens is 545 g/mol. The first-order chi connectivity index (χ1) is 19.6. The van der Waals surface area contributed by atoms with Crippen molar-refractivity contribution in [3.8, 4) is 0 Å². The number of halogens is 1. The molecule has 0 aromatic heterocycles. The van der Waals surface area contributed by atoms with Crippen LogP contribution in [-0.4, -0.2) is 54.5 Å². The summed E-state index contributed by atoms with van der Waals surface area (Å²) >= 11 is 0. The maximum Gasteiger partial charge on any atom is 0.269 e. The molecule has 8 nitrogen and oxygen atoms in total. The summed E-state index contributed by atoms with van der Waals surface area (Å²) in [6, 6.07) is 20.2. The number of nitrogens with zero attached hydrogens (tertiary/aromatic N) is 2. The van der Waals surface area contributed by atoms with Crippen LogP contribution in [0.1, 0.15) is 48.2 Å². The van der Waals surface area contributed by atoms with Gasteiger partial charge in [0.1, 0.15) is 16.8 Å². The lowest BCUT2D eigenvalue weighted by molar-refractivity contribution is -0.141. The van der Waals surface area contributed by atoms with E-state index in [0.29, 0.717) is 12.1 Å². The van der Waals surface area contributed by atoms with Crippen LogP contribution in [0.15, 0.2) is 83.8 Å². The number of carbonyl (C=O) groups is 3. The maximum absolute atomic E-state index is 13.7. The number of sulfonamides is 1. The average Bonchev–Trinajstić information content (AvgIpc) is 3.15. The number of fused-ring (bicyclic) bond motifs is 1. The Hall–Kier alpha value is -4.05. The van der Waals surface area contributed by atoms with Gasteiger partial charge >= 0.3 is 0 Å². The zero-order valence-corrected chi connectivity index (χ0v) is 23.9. The smallest absolute Gasteiger partial charge is 0.269 e. The summed E-state index contributed by atoms with van der Waals surface area (Å²) in [5, 5.41) is 2.94. The van der Waals surface area contributed by atoms with E-state index in [2.05, 4.69) is 5.32 Å². The molecule has 216 valence electrons. The van der Waals surface area contributed by atoms with Crippen LogP contribution in [0.3, 0.4) is 0 Å². The molecule has 0 saturated carbocycles. The van der Waals surface area contributed by atoms with E-state index >= 15 is 0 Å². The van der Waals surface area contributed by atoms with Crippen LogP contribution in [0.5, 0.6) is 0 Å². The van der Waals surface area contributed by atoms with Crippen LogP contribution in [0.25, 0.3) is 0 Å². The Morgan fingerprint density at radius 1 is 0.927 bits per heavy atom. The first kappa shape index (κ1) is 29.9. The normalized spacial score (nSPS) is 14.5. The molecule has 3 aromatic rings. The first-order valence-electron chi connectivity index (χ1n) is 13.6. The van der Waals surface area contributed by atoms with Crippen LogP contribution >= 0.6 is 0 Å². The molecule has 1 aliphatic rings. The SMILES string of the molecule is CC(C)CNC(=O)[C@@H](Cc1ccccc1)N(Cc1ccc(F)cc1)C(=O)CCCN1C(=O)c2ccccc2S1(=O)=O. The van der Waals surface area contributed by atoms with E-state index in [1.54, 1.807) is 24.3 Å². The summed E-state index contributed by atoms with van der Waals surface area (Å²) in [5.41, 5.74) is 1.62. The molecule has 0 fully saturated rings. The van der Waals surface area contributed by atoms with Gasteiger partial charge in [0.15, 0.2) is 0 Å². The summed E-state index contributed by atoms with van der Waals surface area (Å²) in [6.07, 6.45) is 0.231. The molecule has 0 bridgehead atoms. The lowest BCUT2D eigenvalue weighted by Gasteiger charge is -2.32. The molecule has 0 spiro atoms. The molecule has 1 atom stereocenters. The highest BCUT2D eigenvalue weighted by atomic mass is 32.2. The second-order valence-corrected chi connectivity index (χ2v) is 12.3. The van der Waals surface area contributed by atoms with E-state index in [1.807, 2.05) is 44.2 Å². The predicted octanol–water partition coefficient (Wildman–Crippen LogP) is 4.16. The van der Waals surface area contributed by atoms with Crippen molar-refractivity contribution in [3.05, 3.63) is 101 Å². The van der Waals surface area contributed by atoms with Crippen LogP contribution in [0.2, 0.25) is 0 Å². The number of benzene rings is 3. The lowest BCUT2D eigenvalue weighted by Crippen LogP contribution is -2.51. The van der Waals surface area contributed by atoms with Gasteiger partial charge in [-0.15, -0.1) is 0 Å². The van der Waals surface area contributed by atoms with E-state index in [4.69, 9.17) is 0 Å². The van der Waals surface area contributed by atoms with Crippen LogP contribution in [-0.2, 0) is 32.6 Å². The maximum atomic E-state index is 13.7. The zero-order chi connectivity index (χ0) is 29.6. The number of rotatable bonds is 12. The van der Waals surface area contributed by atoms with Crippen molar-refractivity contribution in [2.75, 3.05) is 13.1 Å². The summed E-state index contributed by atoms with van der Waals surface area (Å²) < 4.78 is 40.3. The standard InChI is InChI=1S/C31H34FN3O5S/c1-22(2)20-33-30(37)27(19-23-9-4-3-5-10-23)34(21-24-14-16-25(32)17-15-24)29(36)13-8-18-35-31(38)26-11-6-7-12-28(26)41(35,39)40/h3-7,9-12,14-17,22,27H,8,13,18-21H2,1-2H3,(H,33,37)/t27-/m1/s1. The molecule has 1 N–H and O–H groups in total. The van der Waals surface area contributed by atoms with Crippen molar-refractivity contribution >= 4 is 27.7 Å². The van der Waals surface area contributed by atoms with Crippen LogP contribution < -0.4 is 5.32 Å². The van der Waals surface area contributed by atoms with E-state index in [0.717, 1.165) is 9.87 Å². The van der Waals surface area contributed by atoms with Gasteiger partial charge in [-0.05, 0) is 47.7 Å². The van der Waals surface area contributed by atoms with Gasteiger partial charge in [0.2, 0.25) is 11.8 Å². The van der Waals surface area contributed by atoms with Gasteiger partial charge in [-0.1, -0.05) is 68.4 Å². The molecule has 10 heteroatoms. The Balaban J connectivity index is 1.56. The fourth-order valence-electron chi connectivity index (χ4n) is 4.73. The van der Waals surface area contributed by atoms with Crippen molar-refractivity contribution in [1.29, 1.82) is 0 Å². The Kier molecular flexibility index (Phi) is 9.54. The Labute approximate surface area is 240 Å². The minimum absolute atomic E-state index is 0.0426. The van der Waals surface area contributed by atoms with Gasteiger partial charge in [-0.3, -0.25) is 14.4 Å². The van der Waals surface area contributed by atoms with Crippen molar-refractivity contribution < 1.29 is 27.2 Å². The summed E-state index contributed by atoms with van der Waals surface area (Å²) in [4.78, 5) is 41.4. The van der Waals surface area contributed by atoms with E-state index in [1.165, 1.54) is 29.2 Å². The number of nitrogens with one attached hydrogen (secondary N) is 1. The second kappa shape index (κ2) is 13.1. The van der Waals surface area contributed by atoms with Crippen LogP contribution in [0, 0.1) is 11.7 Å². The third kappa shape index (κ3) is 7.18. The highest BCUT2D eigenvalue weighted by molar-refractivity contribution is 7.90. The Bertz CT molecular complexity index is 1490. The van der Waals surface area contributed by atoms with Gasteiger partial charge < -0.3 is 10.2 Å². The molecule has 0 aliphatic carbocycles. The fraction of sp³-hybridized carbons (Fsp3) is 0.323. The predicted molar refractivity (Wildman–Crippen MR) is 153 cm³/mol. The Morgan fingerprint density at radius 3 is 2.24 bits per heavy atom. The molecule has 1 aliphatic heterocycles. The minimum Gasteiger partial charge on any atom is -0.354 e. The average molecular weight is 580 g/mol. The highest BCUT2D eigenvalue weighted by Gasteiger charge is 2.40. The molecule has 0 unspecified atom stereocenters. The summed E-state index contributed by atoms with van der Waals surface area (Å²) in [5.74, 6) is -1.53. The van der Waals surface area contributed by atoms with Gasteiger partial charge in [0, 0.05) is 32.5 Å². The Morgan fingerprint density at radius 2 is 1.59 bits per heavy atom. The number of hydrogen-bond donors (Lipinski definition) is 1. The molecule has 0 saturated heterocycles. The quantitative estimate of drug-likeness (QED) is 0.347. The van der Waals surface area contributed by atoms with Crippen LogP contribution in [0.4, 0.5) is 4.39 Å². The van der Waals surface area contributed by atoms with E-state index in [-0.39, 0.29) is 60.5 Å². The number of carbonyl (C=O) groups excluding carboxylic acids is 3. The number of hydrogen-bond acceptors (Lipinski definition) is 5. The molecule has 1 heterocycles. The molecule has 0 radical (unpaired) electrons. The van der Waals surface area contributed by atoms with E-state index in [9.17, 15) is 27.2 Å². The minimum atomic E-state index is -3.99. The van der Waals surface area contributed by atoms with Gasteiger partial charge in [0.25, 0.3) is 15.9 Å². The van der Waals surface area contributed by atoms with Crippen molar-refractivity contribution in [1.82, 2.24) is 14.5 Å². The topological polar surface area (TPSA) is 104 Å². The van der Waals surface area contributed by atoms with Gasteiger partial charge in [0.05, 0.1) is 5.56 Å². The fourth-order valence-corrected chi connectivity index (χ4v) is 6.34. The van der Waals surface area contributed by atoms with E-state index < -0.39 is 27.8 Å². The molecule has 41 heavy (non-hydrogen) atoms. The third-order valence-electron chi connectivity index (χ3n) is 6.89. The first-order valence-corrected chi connectivity index (χ1v) is 15.0. The highest BCUT2D eigenvalue weighted by Crippen LogP contribution is 2.30. The monoisotopic (exact) mass is 579 g/mol. The van der Waals surface area contributed by atoms with Gasteiger partial charge in [-0.2, -0.15) is 0 Å². The zero-order valence-electron chi connectivity index (χ0n) is 23.1. The summed E-state index contributed by atoms with van der Waals surface area (Å²) in [7, 11) is -3.99. The third-order valence-corrected chi connectivity index (χ3v) is 8.73. The van der Waals surface area contributed by atoms with Crippen molar-refractivity contribution in [2.45, 2.75) is 50.6 Å². The lowest BCUT2D eigenvalue weighted by atomic mass is 10.0. The summed E-state index contributed by atoms with van der Waals surface area (Å²) in [6.45, 7) is 4.25. The largest absolute Gasteiger partial charge is 0.354 e.